The van der Waals surface area contributed by atoms with Crippen molar-refractivity contribution in [1.29, 1.82) is 0 Å². The maximum atomic E-state index is 11.1. The molecule has 0 spiro atoms. The second kappa shape index (κ2) is 4.79. The van der Waals surface area contributed by atoms with E-state index in [0.717, 1.165) is 0 Å². The molecule has 0 amide bonds. The van der Waals surface area contributed by atoms with E-state index in [9.17, 15) is 8.42 Å². The number of aliphatic hydroxyl groups excluding tert-OH is 1. The lowest BCUT2D eigenvalue weighted by atomic mass is 10.3. The van der Waals surface area contributed by atoms with E-state index in [1.807, 2.05) is 0 Å². The van der Waals surface area contributed by atoms with E-state index in [2.05, 4.69) is 4.72 Å². The Bertz CT molecular complexity index is 211. The summed E-state index contributed by atoms with van der Waals surface area (Å²) in [5, 5.41) is 8.63. The van der Waals surface area contributed by atoms with Gasteiger partial charge >= 0.3 is 0 Å². The largest absolute Gasteiger partial charge is 0.392 e. The third kappa shape index (κ3) is 4.04. The van der Waals surface area contributed by atoms with Gasteiger partial charge in [0.15, 0.2) is 0 Å². The van der Waals surface area contributed by atoms with E-state index >= 15 is 0 Å². The first-order valence-corrected chi connectivity index (χ1v) is 5.61. The molecule has 0 aliphatic carbocycles. The minimum Gasteiger partial charge on any atom is -0.392 e. The Kier molecular flexibility index (Phi) is 4.74. The third-order valence-corrected chi connectivity index (χ3v) is 3.42. The lowest BCUT2D eigenvalue weighted by Gasteiger charge is -2.11. The van der Waals surface area contributed by atoms with Gasteiger partial charge in [-0.2, -0.15) is 0 Å². The van der Waals surface area contributed by atoms with Crippen LogP contribution in [0.1, 0.15) is 27.2 Å². The van der Waals surface area contributed by atoms with Crippen LogP contribution in [0.2, 0.25) is 0 Å². The molecule has 0 saturated heterocycles. The average molecular weight is 195 g/mol. The van der Waals surface area contributed by atoms with E-state index in [1.165, 1.54) is 0 Å². The molecule has 0 radical (unpaired) electrons. The molecule has 0 aromatic heterocycles. The predicted octanol–water partition coefficient (Wildman–Crippen LogP) is 0.0851. The first-order valence-electron chi connectivity index (χ1n) is 4.06. The number of aliphatic hydroxyl groups is 1. The zero-order valence-electron chi connectivity index (χ0n) is 7.74. The molecule has 0 saturated carbocycles. The molecular weight excluding hydrogens is 178 g/mol. The molecular formula is C7H17NO3S. The zero-order chi connectivity index (χ0) is 9.78. The first-order chi connectivity index (χ1) is 5.40. The molecule has 0 fully saturated rings. The molecule has 4 nitrogen and oxygen atoms in total. The number of hydrogen-bond acceptors (Lipinski definition) is 3. The second-order valence-electron chi connectivity index (χ2n) is 3.00. The van der Waals surface area contributed by atoms with Gasteiger partial charge in [0.1, 0.15) is 0 Å². The van der Waals surface area contributed by atoms with Crippen LogP contribution >= 0.6 is 0 Å². The van der Waals surface area contributed by atoms with Crippen LogP contribution in [0.15, 0.2) is 0 Å². The van der Waals surface area contributed by atoms with Gasteiger partial charge in [0.2, 0.25) is 10.0 Å². The Labute approximate surface area is 74.0 Å². The highest BCUT2D eigenvalue weighted by molar-refractivity contribution is 7.90. The summed E-state index contributed by atoms with van der Waals surface area (Å²) >= 11 is 0. The van der Waals surface area contributed by atoms with Gasteiger partial charge in [-0.05, 0) is 20.3 Å². The van der Waals surface area contributed by atoms with Crippen molar-refractivity contribution in [1.82, 2.24) is 4.72 Å². The van der Waals surface area contributed by atoms with Crippen molar-refractivity contribution in [3.63, 3.8) is 0 Å². The Morgan fingerprint density at radius 1 is 1.42 bits per heavy atom. The summed E-state index contributed by atoms with van der Waals surface area (Å²) in [4.78, 5) is 0. The van der Waals surface area contributed by atoms with Gasteiger partial charge in [0.05, 0.1) is 11.4 Å². The molecule has 74 valence electrons. The lowest BCUT2D eigenvalue weighted by molar-refractivity contribution is 0.174. The normalized spacial score (nSPS) is 15.1. The average Bonchev–Trinajstić information content (AvgIpc) is 2.00. The predicted molar refractivity (Wildman–Crippen MR) is 48.4 cm³/mol. The van der Waals surface area contributed by atoms with Crippen LogP contribution < -0.4 is 4.72 Å². The Hall–Kier alpha value is -0.130. The van der Waals surface area contributed by atoms with Crippen LogP contribution in [0.4, 0.5) is 0 Å². The summed E-state index contributed by atoms with van der Waals surface area (Å²) in [7, 11) is -3.21. The van der Waals surface area contributed by atoms with Crippen LogP contribution in [0, 0.1) is 0 Å². The van der Waals surface area contributed by atoms with Crippen LogP contribution in [0.25, 0.3) is 0 Å². The van der Waals surface area contributed by atoms with Gasteiger partial charge in [0.25, 0.3) is 0 Å². The van der Waals surface area contributed by atoms with Gasteiger partial charge in [0, 0.05) is 6.54 Å². The van der Waals surface area contributed by atoms with Crippen LogP contribution in [0.5, 0.6) is 0 Å². The number of nitrogens with one attached hydrogen (secondary N) is 1. The monoisotopic (exact) mass is 195 g/mol. The van der Waals surface area contributed by atoms with Crippen molar-refractivity contribution in [3.05, 3.63) is 0 Å². The summed E-state index contributed by atoms with van der Waals surface area (Å²) in [6.45, 7) is 5.10. The Balaban J connectivity index is 3.94. The molecule has 12 heavy (non-hydrogen) atoms. The van der Waals surface area contributed by atoms with Crippen LogP contribution in [-0.4, -0.2) is 31.4 Å². The van der Waals surface area contributed by atoms with E-state index in [4.69, 9.17) is 5.11 Å². The molecule has 1 unspecified atom stereocenters. The maximum absolute atomic E-state index is 11.1. The van der Waals surface area contributed by atoms with Crippen LogP contribution in [-0.2, 0) is 10.0 Å². The van der Waals surface area contributed by atoms with E-state index in [0.29, 0.717) is 6.42 Å². The van der Waals surface area contributed by atoms with Gasteiger partial charge in [-0.3, -0.25) is 0 Å². The van der Waals surface area contributed by atoms with Crippen molar-refractivity contribution in [2.75, 3.05) is 6.54 Å². The van der Waals surface area contributed by atoms with Crippen LogP contribution in [0.3, 0.4) is 0 Å². The summed E-state index contributed by atoms with van der Waals surface area (Å²) in [6.07, 6.45) is -0.0285. The molecule has 0 aromatic rings. The van der Waals surface area contributed by atoms with E-state index in [1.54, 1.807) is 20.8 Å². The van der Waals surface area contributed by atoms with Gasteiger partial charge in [-0.1, -0.05) is 6.92 Å². The fourth-order valence-corrected chi connectivity index (χ4v) is 1.28. The number of hydrogen-bond donors (Lipinski definition) is 2. The zero-order valence-corrected chi connectivity index (χ0v) is 8.56. The SMILES string of the molecule is CCC(O)CNS(=O)(=O)C(C)C. The van der Waals surface area contributed by atoms with Gasteiger partial charge in [-0.25, -0.2) is 13.1 Å². The third-order valence-electron chi connectivity index (χ3n) is 1.61. The molecule has 5 heteroatoms. The number of rotatable bonds is 5. The van der Waals surface area contributed by atoms with Gasteiger partial charge in [-0.15, -0.1) is 0 Å². The fraction of sp³-hybridized carbons (Fsp3) is 1.00. The molecule has 0 bridgehead atoms. The smallest absolute Gasteiger partial charge is 0.214 e. The summed E-state index contributed by atoms with van der Waals surface area (Å²) < 4.78 is 24.6. The molecule has 0 rings (SSSR count). The highest BCUT2D eigenvalue weighted by Crippen LogP contribution is 1.96. The standard InChI is InChI=1S/C7H17NO3S/c1-4-7(9)5-8-12(10,11)6(2)3/h6-9H,4-5H2,1-3H3. The summed E-state index contributed by atoms with van der Waals surface area (Å²) in [6, 6.07) is 0. The topological polar surface area (TPSA) is 66.4 Å². The van der Waals surface area contributed by atoms with Crippen molar-refractivity contribution < 1.29 is 13.5 Å². The molecule has 0 heterocycles. The van der Waals surface area contributed by atoms with E-state index in [-0.39, 0.29) is 6.54 Å². The quantitative estimate of drug-likeness (QED) is 0.653. The van der Waals surface area contributed by atoms with Crippen molar-refractivity contribution in [2.45, 2.75) is 38.5 Å². The lowest BCUT2D eigenvalue weighted by Crippen LogP contribution is -2.36. The fourth-order valence-electron chi connectivity index (χ4n) is 0.523. The molecule has 0 aliphatic rings. The Morgan fingerprint density at radius 3 is 2.25 bits per heavy atom. The minimum atomic E-state index is -3.21. The molecule has 2 N–H and O–H groups in total. The van der Waals surface area contributed by atoms with Crippen molar-refractivity contribution >= 4 is 10.0 Å². The summed E-state index contributed by atoms with van der Waals surface area (Å²) in [5.74, 6) is 0. The highest BCUT2D eigenvalue weighted by atomic mass is 32.2. The Morgan fingerprint density at radius 2 is 1.92 bits per heavy atom. The van der Waals surface area contributed by atoms with Crippen molar-refractivity contribution in [3.8, 4) is 0 Å². The van der Waals surface area contributed by atoms with Crippen molar-refractivity contribution in [2.24, 2.45) is 0 Å². The highest BCUT2D eigenvalue weighted by Gasteiger charge is 2.15. The van der Waals surface area contributed by atoms with E-state index < -0.39 is 21.4 Å². The first kappa shape index (κ1) is 11.9. The molecule has 1 atom stereocenters. The maximum Gasteiger partial charge on any atom is 0.214 e. The summed E-state index contributed by atoms with van der Waals surface area (Å²) in [5.41, 5.74) is 0. The number of sulfonamides is 1. The minimum absolute atomic E-state index is 0.108. The molecule has 0 aliphatic heterocycles. The van der Waals surface area contributed by atoms with Gasteiger partial charge < -0.3 is 5.11 Å². The second-order valence-corrected chi connectivity index (χ2v) is 5.33. The molecule has 0 aromatic carbocycles.